The summed E-state index contributed by atoms with van der Waals surface area (Å²) in [4.78, 5) is 28.7. The number of nitrogens with zero attached hydrogens (tertiary/aromatic N) is 2. The highest BCUT2D eigenvalue weighted by molar-refractivity contribution is 9.10. The van der Waals surface area contributed by atoms with Crippen LogP contribution in [0.2, 0.25) is 0 Å². The number of carbonyl (C=O) groups is 2. The molecular weight excluding hydrogens is 368 g/mol. The summed E-state index contributed by atoms with van der Waals surface area (Å²) in [6.07, 6.45) is 0.262. The molecule has 0 spiro atoms. The summed E-state index contributed by atoms with van der Waals surface area (Å²) in [6.45, 7) is 2.97. The monoisotopic (exact) mass is 386 g/mol. The second kappa shape index (κ2) is 7.18. The molecule has 1 aliphatic heterocycles. The van der Waals surface area contributed by atoms with Gasteiger partial charge in [0.15, 0.2) is 0 Å². The van der Waals surface area contributed by atoms with Gasteiger partial charge in [-0.2, -0.15) is 0 Å². The maximum Gasteiger partial charge on any atom is 0.232 e. The van der Waals surface area contributed by atoms with Crippen LogP contribution < -0.4 is 9.80 Å². The van der Waals surface area contributed by atoms with Gasteiger partial charge in [0, 0.05) is 35.4 Å². The van der Waals surface area contributed by atoms with Gasteiger partial charge in [0.05, 0.1) is 5.92 Å². The van der Waals surface area contributed by atoms with E-state index in [2.05, 4.69) is 15.9 Å². The van der Waals surface area contributed by atoms with E-state index in [4.69, 9.17) is 0 Å². The average Bonchev–Trinajstić information content (AvgIpc) is 2.99. The maximum absolute atomic E-state index is 12.9. The number of hydrogen-bond donors (Lipinski definition) is 0. The first kappa shape index (κ1) is 16.7. The standard InChI is InChI=1S/C19H19BrN2O2/c1-2-21(16-6-4-3-5-7-16)19(24)14-12-18(23)22(13-14)17-10-8-15(20)9-11-17/h3-11,14H,2,12-13H2,1H3. The second-order valence-electron chi connectivity index (χ2n) is 5.80. The second-order valence-corrected chi connectivity index (χ2v) is 6.72. The Morgan fingerprint density at radius 2 is 1.83 bits per heavy atom. The molecule has 4 nitrogen and oxygen atoms in total. The molecule has 124 valence electrons. The lowest BCUT2D eigenvalue weighted by atomic mass is 10.1. The molecule has 1 saturated heterocycles. The quantitative estimate of drug-likeness (QED) is 0.800. The summed E-state index contributed by atoms with van der Waals surface area (Å²) in [6, 6.07) is 17.2. The molecule has 0 saturated carbocycles. The molecule has 24 heavy (non-hydrogen) atoms. The van der Waals surface area contributed by atoms with Crippen LogP contribution in [0.3, 0.4) is 0 Å². The van der Waals surface area contributed by atoms with Crippen LogP contribution in [-0.4, -0.2) is 24.9 Å². The van der Waals surface area contributed by atoms with E-state index in [-0.39, 0.29) is 24.2 Å². The Morgan fingerprint density at radius 1 is 1.17 bits per heavy atom. The van der Waals surface area contributed by atoms with Gasteiger partial charge in [-0.1, -0.05) is 34.1 Å². The Morgan fingerprint density at radius 3 is 2.46 bits per heavy atom. The summed E-state index contributed by atoms with van der Waals surface area (Å²) in [5, 5.41) is 0. The minimum atomic E-state index is -0.304. The molecule has 0 bridgehead atoms. The van der Waals surface area contributed by atoms with Crippen molar-refractivity contribution in [3.8, 4) is 0 Å². The Labute approximate surface area is 150 Å². The van der Waals surface area contributed by atoms with Gasteiger partial charge >= 0.3 is 0 Å². The highest BCUT2D eigenvalue weighted by atomic mass is 79.9. The number of hydrogen-bond acceptors (Lipinski definition) is 2. The lowest BCUT2D eigenvalue weighted by Gasteiger charge is -2.24. The molecule has 0 N–H and O–H groups in total. The average molecular weight is 387 g/mol. The third-order valence-electron chi connectivity index (χ3n) is 4.26. The Kier molecular flexibility index (Phi) is 5.00. The molecule has 3 rings (SSSR count). The molecule has 2 aromatic carbocycles. The van der Waals surface area contributed by atoms with Gasteiger partial charge in [-0.25, -0.2) is 0 Å². The number of para-hydroxylation sites is 1. The Bertz CT molecular complexity index is 731. The summed E-state index contributed by atoms with van der Waals surface area (Å²) in [5.74, 6) is -0.294. The van der Waals surface area contributed by atoms with E-state index < -0.39 is 0 Å². The number of halogens is 1. The third-order valence-corrected chi connectivity index (χ3v) is 4.79. The van der Waals surface area contributed by atoms with E-state index in [0.29, 0.717) is 13.1 Å². The summed E-state index contributed by atoms with van der Waals surface area (Å²) in [5.41, 5.74) is 1.71. The SMILES string of the molecule is CCN(C(=O)C1CC(=O)N(c2ccc(Br)cc2)C1)c1ccccc1. The first-order chi connectivity index (χ1) is 11.6. The molecule has 0 aliphatic carbocycles. The van der Waals surface area contributed by atoms with Crippen LogP contribution in [0.4, 0.5) is 11.4 Å². The molecule has 1 unspecified atom stereocenters. The van der Waals surface area contributed by atoms with Crippen LogP contribution in [-0.2, 0) is 9.59 Å². The van der Waals surface area contributed by atoms with E-state index in [9.17, 15) is 9.59 Å². The van der Waals surface area contributed by atoms with Gasteiger partial charge in [0.25, 0.3) is 0 Å². The van der Waals surface area contributed by atoms with Crippen molar-refractivity contribution in [3.05, 3.63) is 59.1 Å². The first-order valence-corrected chi connectivity index (χ1v) is 8.81. The van der Waals surface area contributed by atoms with Crippen molar-refractivity contribution >= 4 is 39.1 Å². The molecule has 0 aromatic heterocycles. The van der Waals surface area contributed by atoms with Crippen molar-refractivity contribution < 1.29 is 9.59 Å². The van der Waals surface area contributed by atoms with Crippen LogP contribution >= 0.6 is 15.9 Å². The van der Waals surface area contributed by atoms with E-state index in [1.165, 1.54) is 0 Å². The normalized spacial score (nSPS) is 17.2. The van der Waals surface area contributed by atoms with Crippen LogP contribution in [0.1, 0.15) is 13.3 Å². The zero-order valence-electron chi connectivity index (χ0n) is 13.5. The molecule has 0 radical (unpaired) electrons. The molecule has 1 fully saturated rings. The van der Waals surface area contributed by atoms with Crippen LogP contribution in [0.25, 0.3) is 0 Å². The number of benzene rings is 2. The zero-order valence-corrected chi connectivity index (χ0v) is 15.1. The van der Waals surface area contributed by atoms with Gasteiger partial charge in [-0.15, -0.1) is 0 Å². The molecule has 5 heteroatoms. The third kappa shape index (κ3) is 3.36. The number of carbonyl (C=O) groups excluding carboxylic acids is 2. The van der Waals surface area contributed by atoms with Crippen molar-refractivity contribution in [2.45, 2.75) is 13.3 Å². The minimum Gasteiger partial charge on any atom is -0.312 e. The fraction of sp³-hybridized carbons (Fsp3) is 0.263. The highest BCUT2D eigenvalue weighted by Crippen LogP contribution is 2.28. The fourth-order valence-corrected chi connectivity index (χ4v) is 3.30. The summed E-state index contributed by atoms with van der Waals surface area (Å²) in [7, 11) is 0. The molecule has 2 amide bonds. The van der Waals surface area contributed by atoms with Gasteiger partial charge < -0.3 is 9.80 Å². The first-order valence-electron chi connectivity index (χ1n) is 8.02. The number of rotatable bonds is 4. The van der Waals surface area contributed by atoms with Crippen molar-refractivity contribution in [3.63, 3.8) is 0 Å². The van der Waals surface area contributed by atoms with Crippen molar-refractivity contribution in [1.82, 2.24) is 0 Å². The fourth-order valence-electron chi connectivity index (χ4n) is 3.04. The largest absolute Gasteiger partial charge is 0.312 e. The Hall–Kier alpha value is -2.14. The number of amides is 2. The van der Waals surface area contributed by atoms with Gasteiger partial charge in [-0.3, -0.25) is 9.59 Å². The minimum absolute atomic E-state index is 0.000197. The topological polar surface area (TPSA) is 40.6 Å². The smallest absolute Gasteiger partial charge is 0.232 e. The molecule has 2 aromatic rings. The van der Waals surface area contributed by atoms with E-state index >= 15 is 0 Å². The summed E-state index contributed by atoms with van der Waals surface area (Å²) < 4.78 is 0.965. The number of anilines is 2. The van der Waals surface area contributed by atoms with E-state index in [1.54, 1.807) is 9.80 Å². The highest BCUT2D eigenvalue weighted by Gasteiger charge is 2.37. The van der Waals surface area contributed by atoms with Crippen LogP contribution in [0, 0.1) is 5.92 Å². The molecule has 1 heterocycles. The van der Waals surface area contributed by atoms with Crippen molar-refractivity contribution in [2.24, 2.45) is 5.92 Å². The van der Waals surface area contributed by atoms with Gasteiger partial charge in [-0.05, 0) is 43.3 Å². The Balaban J connectivity index is 1.77. The summed E-state index contributed by atoms with van der Waals surface area (Å²) >= 11 is 3.39. The molecule has 1 aliphatic rings. The van der Waals surface area contributed by atoms with Gasteiger partial charge in [0.1, 0.15) is 0 Å². The predicted octanol–water partition coefficient (Wildman–Crippen LogP) is 3.86. The van der Waals surface area contributed by atoms with Crippen LogP contribution in [0.15, 0.2) is 59.1 Å². The van der Waals surface area contributed by atoms with E-state index in [0.717, 1.165) is 15.8 Å². The molecule has 1 atom stereocenters. The van der Waals surface area contributed by atoms with Crippen molar-refractivity contribution in [1.29, 1.82) is 0 Å². The zero-order chi connectivity index (χ0) is 17.1. The predicted molar refractivity (Wildman–Crippen MR) is 99.1 cm³/mol. The molecular formula is C19H19BrN2O2. The van der Waals surface area contributed by atoms with Crippen LogP contribution in [0.5, 0.6) is 0 Å². The lowest BCUT2D eigenvalue weighted by Crippen LogP contribution is -2.37. The maximum atomic E-state index is 12.9. The van der Waals surface area contributed by atoms with Crippen molar-refractivity contribution in [2.75, 3.05) is 22.9 Å². The van der Waals surface area contributed by atoms with E-state index in [1.807, 2.05) is 61.5 Å². The lowest BCUT2D eigenvalue weighted by molar-refractivity contribution is -0.124. The van der Waals surface area contributed by atoms with Gasteiger partial charge in [0.2, 0.25) is 11.8 Å².